The SMILES string of the molecule is CC1c2cnncc2N(Cc2ccccc2)C1(C)OCc1ccsc1. The zero-order valence-corrected chi connectivity index (χ0v) is 15.2. The molecule has 0 spiro atoms. The predicted octanol–water partition coefficient (Wildman–Crippen LogP) is 4.59. The van der Waals surface area contributed by atoms with Crippen molar-refractivity contribution in [3.8, 4) is 0 Å². The summed E-state index contributed by atoms with van der Waals surface area (Å²) in [6, 6.07) is 12.6. The van der Waals surface area contributed by atoms with Gasteiger partial charge in [-0.2, -0.15) is 21.5 Å². The van der Waals surface area contributed by atoms with Gasteiger partial charge in [0.1, 0.15) is 5.72 Å². The third kappa shape index (κ3) is 2.94. The molecule has 4 nitrogen and oxygen atoms in total. The zero-order valence-electron chi connectivity index (χ0n) is 14.4. The molecule has 0 aliphatic carbocycles. The molecule has 0 saturated carbocycles. The molecule has 2 unspecified atom stereocenters. The molecule has 128 valence electrons. The number of fused-ring (bicyclic) bond motifs is 1. The highest BCUT2D eigenvalue weighted by Crippen LogP contribution is 2.48. The van der Waals surface area contributed by atoms with Crippen molar-refractivity contribution in [1.82, 2.24) is 10.2 Å². The van der Waals surface area contributed by atoms with Gasteiger partial charge in [0.2, 0.25) is 0 Å². The van der Waals surface area contributed by atoms with E-state index >= 15 is 0 Å². The van der Waals surface area contributed by atoms with Crippen LogP contribution in [0.2, 0.25) is 0 Å². The molecule has 25 heavy (non-hydrogen) atoms. The van der Waals surface area contributed by atoms with Gasteiger partial charge in [-0.25, -0.2) is 0 Å². The highest BCUT2D eigenvalue weighted by Gasteiger charge is 2.47. The average molecular weight is 351 g/mol. The maximum atomic E-state index is 6.49. The summed E-state index contributed by atoms with van der Waals surface area (Å²) >= 11 is 1.70. The minimum Gasteiger partial charge on any atom is -0.351 e. The molecule has 1 aliphatic rings. The van der Waals surface area contributed by atoms with Crippen molar-refractivity contribution in [2.24, 2.45) is 0 Å². The number of nitrogens with zero attached hydrogens (tertiary/aromatic N) is 3. The second kappa shape index (κ2) is 6.58. The Morgan fingerprint density at radius 1 is 1.12 bits per heavy atom. The summed E-state index contributed by atoms with van der Waals surface area (Å²) in [4.78, 5) is 2.32. The van der Waals surface area contributed by atoms with Crippen LogP contribution in [-0.4, -0.2) is 15.9 Å². The van der Waals surface area contributed by atoms with Gasteiger partial charge in [0, 0.05) is 18.0 Å². The highest BCUT2D eigenvalue weighted by atomic mass is 32.1. The normalized spacial score (nSPS) is 22.2. The first kappa shape index (κ1) is 16.2. The largest absolute Gasteiger partial charge is 0.351 e. The summed E-state index contributed by atoms with van der Waals surface area (Å²) in [6.07, 6.45) is 3.73. The predicted molar refractivity (Wildman–Crippen MR) is 101 cm³/mol. The van der Waals surface area contributed by atoms with E-state index in [4.69, 9.17) is 4.74 Å². The van der Waals surface area contributed by atoms with Crippen LogP contribution >= 0.6 is 11.3 Å². The first-order chi connectivity index (χ1) is 12.2. The van der Waals surface area contributed by atoms with Gasteiger partial charge in [-0.1, -0.05) is 37.3 Å². The van der Waals surface area contributed by atoms with Gasteiger partial charge >= 0.3 is 0 Å². The number of thiophene rings is 1. The van der Waals surface area contributed by atoms with E-state index in [9.17, 15) is 0 Å². The lowest BCUT2D eigenvalue weighted by atomic mass is 9.96. The molecule has 2 atom stereocenters. The van der Waals surface area contributed by atoms with Crippen molar-refractivity contribution in [2.75, 3.05) is 4.90 Å². The van der Waals surface area contributed by atoms with Crippen molar-refractivity contribution in [2.45, 2.75) is 38.6 Å². The fraction of sp³-hybridized carbons (Fsp3) is 0.300. The second-order valence-corrected chi connectivity index (χ2v) is 7.38. The lowest BCUT2D eigenvalue weighted by Crippen LogP contribution is -2.47. The molecule has 3 aromatic rings. The van der Waals surface area contributed by atoms with E-state index in [1.807, 2.05) is 18.5 Å². The first-order valence-corrected chi connectivity index (χ1v) is 9.40. The van der Waals surface area contributed by atoms with E-state index in [0.29, 0.717) is 6.61 Å². The Kier molecular flexibility index (Phi) is 4.27. The zero-order chi connectivity index (χ0) is 17.3. The minimum atomic E-state index is -0.440. The molecule has 0 bridgehead atoms. The number of anilines is 1. The Labute approximate surface area is 152 Å². The molecule has 0 amide bonds. The van der Waals surface area contributed by atoms with Crippen molar-refractivity contribution >= 4 is 17.0 Å². The van der Waals surface area contributed by atoms with Gasteiger partial charge in [-0.05, 0) is 34.9 Å². The van der Waals surface area contributed by atoms with E-state index in [1.54, 1.807) is 11.3 Å². The molecule has 2 aromatic heterocycles. The number of hydrogen-bond donors (Lipinski definition) is 0. The summed E-state index contributed by atoms with van der Waals surface area (Å²) in [7, 11) is 0. The van der Waals surface area contributed by atoms with Crippen LogP contribution in [0.3, 0.4) is 0 Å². The Hall–Kier alpha value is -2.24. The fourth-order valence-electron chi connectivity index (χ4n) is 3.46. The Morgan fingerprint density at radius 3 is 2.68 bits per heavy atom. The van der Waals surface area contributed by atoms with Crippen molar-refractivity contribution in [3.63, 3.8) is 0 Å². The molecular weight excluding hydrogens is 330 g/mol. The third-order valence-corrected chi connectivity index (χ3v) is 5.86. The van der Waals surface area contributed by atoms with Crippen LogP contribution in [0.4, 0.5) is 5.69 Å². The number of ether oxygens (including phenoxy) is 1. The monoisotopic (exact) mass is 351 g/mol. The van der Waals surface area contributed by atoms with Crippen LogP contribution in [-0.2, 0) is 17.9 Å². The lowest BCUT2D eigenvalue weighted by molar-refractivity contribution is -0.0548. The second-order valence-electron chi connectivity index (χ2n) is 6.60. The number of hydrogen-bond acceptors (Lipinski definition) is 5. The highest BCUT2D eigenvalue weighted by molar-refractivity contribution is 7.07. The summed E-state index contributed by atoms with van der Waals surface area (Å²) in [5.74, 6) is 0.209. The molecule has 0 saturated heterocycles. The molecule has 5 heteroatoms. The maximum Gasteiger partial charge on any atom is 0.145 e. The van der Waals surface area contributed by atoms with E-state index in [2.05, 4.69) is 70.0 Å². The average Bonchev–Trinajstić information content (AvgIpc) is 3.24. The molecule has 1 aromatic carbocycles. The van der Waals surface area contributed by atoms with Gasteiger partial charge in [0.15, 0.2) is 0 Å². The smallest absolute Gasteiger partial charge is 0.145 e. The standard InChI is InChI=1S/C20H21N3OS/c1-15-18-10-21-22-11-19(18)23(12-16-6-4-3-5-7-16)20(15,2)24-13-17-8-9-25-14-17/h3-11,14-15H,12-13H2,1-2H3. The van der Waals surface area contributed by atoms with E-state index in [0.717, 1.165) is 12.2 Å². The topological polar surface area (TPSA) is 38.2 Å². The van der Waals surface area contributed by atoms with Crippen molar-refractivity contribution < 1.29 is 4.74 Å². The molecule has 4 rings (SSSR count). The Bertz CT molecular complexity index is 837. The van der Waals surface area contributed by atoms with Gasteiger partial charge in [-0.15, -0.1) is 0 Å². The van der Waals surface area contributed by atoms with Gasteiger partial charge in [0.05, 0.1) is 24.7 Å². The van der Waals surface area contributed by atoms with E-state index in [-0.39, 0.29) is 5.92 Å². The molecular formula is C20H21N3OS. The molecule has 1 aliphatic heterocycles. The number of rotatable bonds is 5. The Morgan fingerprint density at radius 2 is 1.92 bits per heavy atom. The van der Waals surface area contributed by atoms with Gasteiger partial charge in [-0.3, -0.25) is 0 Å². The Balaban J connectivity index is 1.67. The van der Waals surface area contributed by atoms with Crippen LogP contribution < -0.4 is 4.90 Å². The summed E-state index contributed by atoms with van der Waals surface area (Å²) in [5.41, 5.74) is 4.33. The number of aromatic nitrogens is 2. The van der Waals surface area contributed by atoms with Gasteiger partial charge < -0.3 is 9.64 Å². The maximum absolute atomic E-state index is 6.49. The fourth-order valence-corrected chi connectivity index (χ4v) is 4.11. The molecule has 0 fully saturated rings. The van der Waals surface area contributed by atoms with Crippen LogP contribution in [0.15, 0.2) is 59.6 Å². The third-order valence-electron chi connectivity index (χ3n) is 5.13. The van der Waals surface area contributed by atoms with Crippen molar-refractivity contribution in [3.05, 3.63) is 76.2 Å². The van der Waals surface area contributed by atoms with Crippen molar-refractivity contribution in [1.29, 1.82) is 0 Å². The van der Waals surface area contributed by atoms with Gasteiger partial charge in [0.25, 0.3) is 0 Å². The summed E-state index contributed by atoms with van der Waals surface area (Å²) < 4.78 is 6.49. The van der Waals surface area contributed by atoms with Crippen LogP contribution in [0.5, 0.6) is 0 Å². The summed E-state index contributed by atoms with van der Waals surface area (Å²) in [6.45, 7) is 5.76. The molecule has 3 heterocycles. The van der Waals surface area contributed by atoms with Crippen LogP contribution in [0.1, 0.15) is 36.5 Å². The van der Waals surface area contributed by atoms with E-state index in [1.165, 1.54) is 16.7 Å². The molecule has 0 N–H and O–H groups in total. The summed E-state index contributed by atoms with van der Waals surface area (Å²) in [5, 5.41) is 12.4. The molecule has 0 radical (unpaired) electrons. The van der Waals surface area contributed by atoms with Crippen LogP contribution in [0, 0.1) is 0 Å². The lowest BCUT2D eigenvalue weighted by Gasteiger charge is -2.40. The number of benzene rings is 1. The quantitative estimate of drug-likeness (QED) is 0.674. The minimum absolute atomic E-state index is 0.209. The van der Waals surface area contributed by atoms with Crippen LogP contribution in [0.25, 0.3) is 0 Å². The van der Waals surface area contributed by atoms with E-state index < -0.39 is 5.72 Å². The first-order valence-electron chi connectivity index (χ1n) is 8.45.